The zero-order valence-corrected chi connectivity index (χ0v) is 13.0. The van der Waals surface area contributed by atoms with E-state index in [1.54, 1.807) is 0 Å². The predicted octanol–water partition coefficient (Wildman–Crippen LogP) is -7.54. The van der Waals surface area contributed by atoms with E-state index < -0.39 is 20.8 Å². The molecule has 0 amide bonds. The fourth-order valence-electron chi connectivity index (χ4n) is 0.423. The minimum absolute atomic E-state index is 0. The van der Waals surface area contributed by atoms with Crippen molar-refractivity contribution in [3.63, 3.8) is 0 Å². The molecule has 0 saturated heterocycles. The topological polar surface area (TPSA) is 97.3 Å². The first-order valence-corrected chi connectivity index (χ1v) is 4.33. The van der Waals surface area contributed by atoms with Gasteiger partial charge in [-0.05, 0) is 13.3 Å². The van der Waals surface area contributed by atoms with Crippen LogP contribution in [0.15, 0.2) is 0 Å². The van der Waals surface area contributed by atoms with Gasteiger partial charge < -0.3 is 14.5 Å². The smallest absolute Gasteiger partial charge is 0.747 e. The monoisotopic (exact) mass is 226 g/mol. The van der Waals surface area contributed by atoms with Crippen LogP contribution in [0.2, 0.25) is 0 Å². The van der Waals surface area contributed by atoms with Crippen LogP contribution in [0, 0.1) is 0 Å². The van der Waals surface area contributed by atoms with Crippen LogP contribution < -0.4 is 64.2 Å². The number of hydrogen-bond acceptors (Lipinski definition) is 5. The molecule has 0 aromatic heterocycles. The Balaban J connectivity index is -0.000000500. The third-order valence-electron chi connectivity index (χ3n) is 1.66. The molecule has 1 atom stereocenters. The Labute approximate surface area is 122 Å². The van der Waals surface area contributed by atoms with Crippen molar-refractivity contribution in [2.45, 2.75) is 25.0 Å². The zero-order valence-electron chi connectivity index (χ0n) is 8.16. The summed E-state index contributed by atoms with van der Waals surface area (Å²) in [6.07, 6.45) is -0.291. The molecule has 0 bridgehead atoms. The Morgan fingerprint density at radius 2 is 1.69 bits per heavy atom. The first-order chi connectivity index (χ1) is 4.75. The van der Waals surface area contributed by atoms with Gasteiger partial charge in [-0.2, -0.15) is 0 Å². The molecule has 0 N–H and O–H groups in total. The van der Waals surface area contributed by atoms with E-state index in [1.807, 2.05) is 0 Å². The molecule has 0 rings (SSSR count). The van der Waals surface area contributed by atoms with Gasteiger partial charge in [-0.15, -0.1) is 0 Å². The van der Waals surface area contributed by atoms with Gasteiger partial charge in [0, 0.05) is 0 Å². The second-order valence-electron chi connectivity index (χ2n) is 2.33. The quantitative estimate of drug-likeness (QED) is 0.351. The molecule has 0 radical (unpaired) electrons. The van der Waals surface area contributed by atoms with E-state index in [4.69, 9.17) is 0 Å². The summed E-state index contributed by atoms with van der Waals surface area (Å²) >= 11 is 0. The van der Waals surface area contributed by atoms with Gasteiger partial charge >= 0.3 is 59.1 Å². The Kier molecular flexibility index (Phi) is 10.4. The van der Waals surface area contributed by atoms with Crippen molar-refractivity contribution in [2.24, 2.45) is 0 Å². The molecule has 5 nitrogen and oxygen atoms in total. The molecule has 0 aliphatic heterocycles. The molecule has 0 saturated carbocycles. The standard InChI is InChI=1S/C5H10O5S.2Na/c1-3-5(2,4(6)7)11(8,9)10;;/h3H2,1-2H3,(H,6,7)(H,8,9,10);;/q;2*+1/p-2. The second-order valence-corrected chi connectivity index (χ2v) is 4.14. The van der Waals surface area contributed by atoms with E-state index in [2.05, 4.69) is 0 Å². The summed E-state index contributed by atoms with van der Waals surface area (Å²) in [5.41, 5.74) is 0. The van der Waals surface area contributed by atoms with E-state index in [9.17, 15) is 22.9 Å². The molecule has 0 spiro atoms. The molecular weight excluding hydrogens is 218 g/mol. The molecular formula is C5H8Na2O5S. The third-order valence-corrected chi connectivity index (χ3v) is 3.22. The van der Waals surface area contributed by atoms with E-state index in [0.29, 0.717) is 0 Å². The van der Waals surface area contributed by atoms with Gasteiger partial charge in [0.05, 0.1) is 10.7 Å². The number of carbonyl (C=O) groups is 1. The Bertz CT molecular complexity index is 262. The van der Waals surface area contributed by atoms with Gasteiger partial charge in [-0.3, -0.25) is 0 Å². The number of hydrogen-bond donors (Lipinski definition) is 0. The molecule has 0 aliphatic rings. The average molecular weight is 226 g/mol. The summed E-state index contributed by atoms with van der Waals surface area (Å²) in [5, 5.41) is 10.2. The minimum Gasteiger partial charge on any atom is -0.747 e. The van der Waals surface area contributed by atoms with Crippen LogP contribution in [-0.2, 0) is 14.9 Å². The molecule has 1 unspecified atom stereocenters. The van der Waals surface area contributed by atoms with Gasteiger partial charge in [-0.1, -0.05) is 6.92 Å². The Morgan fingerprint density at radius 3 is 1.69 bits per heavy atom. The predicted molar refractivity (Wildman–Crippen MR) is 33.4 cm³/mol. The van der Waals surface area contributed by atoms with Crippen molar-refractivity contribution in [2.75, 3.05) is 0 Å². The molecule has 0 aromatic rings. The maximum atomic E-state index is 10.3. The summed E-state index contributed by atoms with van der Waals surface area (Å²) in [5.74, 6) is -1.85. The van der Waals surface area contributed by atoms with Crippen LogP contribution in [0.1, 0.15) is 20.3 Å². The number of carboxylic acid groups (broad SMARTS) is 1. The van der Waals surface area contributed by atoms with Crippen LogP contribution in [0.4, 0.5) is 0 Å². The summed E-state index contributed by atoms with van der Waals surface area (Å²) < 4.78 is 28.7. The van der Waals surface area contributed by atoms with Gasteiger partial charge in [0.15, 0.2) is 0 Å². The van der Waals surface area contributed by atoms with Crippen molar-refractivity contribution < 1.29 is 82.0 Å². The van der Waals surface area contributed by atoms with E-state index >= 15 is 0 Å². The van der Waals surface area contributed by atoms with Crippen molar-refractivity contribution in [3.8, 4) is 0 Å². The maximum absolute atomic E-state index is 10.3. The SMILES string of the molecule is CCC(C)(C(=O)[O-])S(=O)(=O)[O-].[Na+].[Na+]. The molecule has 0 aliphatic carbocycles. The van der Waals surface area contributed by atoms with Crippen molar-refractivity contribution >= 4 is 16.1 Å². The van der Waals surface area contributed by atoms with Gasteiger partial charge in [0.25, 0.3) is 0 Å². The van der Waals surface area contributed by atoms with Crippen molar-refractivity contribution in [1.29, 1.82) is 0 Å². The molecule has 13 heavy (non-hydrogen) atoms. The summed E-state index contributed by atoms with van der Waals surface area (Å²) in [7, 11) is -4.83. The number of carbonyl (C=O) groups excluding carboxylic acids is 1. The number of aliphatic carboxylic acids is 1. The summed E-state index contributed by atoms with van der Waals surface area (Å²) in [4.78, 5) is 10.2. The van der Waals surface area contributed by atoms with E-state index in [1.165, 1.54) is 6.92 Å². The van der Waals surface area contributed by atoms with Crippen molar-refractivity contribution in [3.05, 3.63) is 0 Å². The summed E-state index contributed by atoms with van der Waals surface area (Å²) in [6.45, 7) is 2.13. The van der Waals surface area contributed by atoms with E-state index in [0.717, 1.165) is 6.92 Å². The fraction of sp³-hybridized carbons (Fsp3) is 0.800. The first-order valence-electron chi connectivity index (χ1n) is 2.92. The number of carboxylic acids is 1. The molecule has 0 fully saturated rings. The normalized spacial score (nSPS) is 14.7. The van der Waals surface area contributed by atoms with Crippen LogP contribution in [-0.4, -0.2) is 23.7 Å². The molecule has 0 aromatic carbocycles. The Hall–Kier alpha value is 1.38. The first kappa shape index (κ1) is 19.9. The second kappa shape index (κ2) is 6.79. The molecule has 0 heterocycles. The maximum Gasteiger partial charge on any atom is 1.00 e. The molecule has 66 valence electrons. The van der Waals surface area contributed by atoms with Crippen molar-refractivity contribution in [1.82, 2.24) is 0 Å². The van der Waals surface area contributed by atoms with E-state index in [-0.39, 0.29) is 65.5 Å². The zero-order chi connectivity index (χ0) is 9.28. The van der Waals surface area contributed by atoms with Gasteiger partial charge in [0.1, 0.15) is 10.1 Å². The van der Waals surface area contributed by atoms with Crippen LogP contribution in [0.5, 0.6) is 0 Å². The minimum atomic E-state index is -4.83. The average Bonchev–Trinajstić information content (AvgIpc) is 1.83. The summed E-state index contributed by atoms with van der Waals surface area (Å²) in [6, 6.07) is 0. The fourth-order valence-corrected chi connectivity index (χ4v) is 0.981. The molecule has 8 heteroatoms. The Morgan fingerprint density at radius 1 is 1.38 bits per heavy atom. The third kappa shape index (κ3) is 4.61. The van der Waals surface area contributed by atoms with Crippen LogP contribution in [0.3, 0.4) is 0 Å². The van der Waals surface area contributed by atoms with Gasteiger partial charge in [-0.25, -0.2) is 8.42 Å². The van der Waals surface area contributed by atoms with Gasteiger partial charge in [0.2, 0.25) is 0 Å². The number of rotatable bonds is 3. The largest absolute Gasteiger partial charge is 1.00 e. The van der Waals surface area contributed by atoms with Crippen LogP contribution >= 0.6 is 0 Å². The van der Waals surface area contributed by atoms with Crippen LogP contribution in [0.25, 0.3) is 0 Å².